The van der Waals surface area contributed by atoms with Gasteiger partial charge < -0.3 is 4.74 Å². The number of ether oxygens (including phenoxy) is 1. The summed E-state index contributed by atoms with van der Waals surface area (Å²) < 4.78 is 5.32. The van der Waals surface area contributed by atoms with Crippen molar-refractivity contribution in [3.8, 4) is 0 Å². The van der Waals surface area contributed by atoms with E-state index in [1.165, 1.54) is 34.0 Å². The predicted molar refractivity (Wildman–Crippen MR) is 110 cm³/mol. The molecule has 0 aliphatic rings. The number of rotatable bonds is 5. The lowest BCUT2D eigenvalue weighted by Gasteiger charge is -2.25. The van der Waals surface area contributed by atoms with Crippen molar-refractivity contribution < 1.29 is 9.53 Å². The van der Waals surface area contributed by atoms with Gasteiger partial charge in [0.25, 0.3) is 0 Å². The van der Waals surface area contributed by atoms with Gasteiger partial charge in [-0.15, -0.1) is 0 Å². The first-order chi connectivity index (χ1) is 12.6. The van der Waals surface area contributed by atoms with Crippen molar-refractivity contribution in [3.05, 3.63) is 89.5 Å². The van der Waals surface area contributed by atoms with Crippen molar-refractivity contribution in [3.63, 3.8) is 0 Å². The van der Waals surface area contributed by atoms with Gasteiger partial charge in [0.2, 0.25) is 0 Å². The van der Waals surface area contributed by atoms with Crippen molar-refractivity contribution in [2.45, 2.75) is 27.4 Å². The highest BCUT2D eigenvalue weighted by atomic mass is 31.1. The molecule has 3 rings (SSSR count). The van der Waals surface area contributed by atoms with Gasteiger partial charge in [-0.1, -0.05) is 72.8 Å². The lowest BCUT2D eigenvalue weighted by Crippen LogP contribution is -2.26. The first kappa shape index (κ1) is 18.4. The largest absolute Gasteiger partial charge is 0.461 e. The van der Waals surface area contributed by atoms with E-state index in [1.54, 1.807) is 0 Å². The van der Waals surface area contributed by atoms with Crippen LogP contribution in [0.15, 0.2) is 72.8 Å². The Bertz CT molecular complexity index is 872. The number of carbonyl (C=O) groups excluding carboxylic acids is 1. The zero-order valence-corrected chi connectivity index (χ0v) is 16.3. The lowest BCUT2D eigenvalue weighted by molar-refractivity contribution is -0.142. The third-order valence-corrected chi connectivity index (χ3v) is 7.26. The molecule has 0 spiro atoms. The molecule has 0 atom stereocenters. The molecule has 0 aromatic heterocycles. The number of hydrogen-bond donors (Lipinski definition) is 0. The van der Waals surface area contributed by atoms with Crippen LogP contribution in [-0.4, -0.2) is 5.97 Å². The fourth-order valence-electron chi connectivity index (χ4n) is 3.05. The van der Waals surface area contributed by atoms with Gasteiger partial charge in [-0.3, -0.25) is 4.79 Å². The molecule has 0 radical (unpaired) electrons. The second-order valence-corrected chi connectivity index (χ2v) is 8.43. The van der Waals surface area contributed by atoms with E-state index in [0.29, 0.717) is 6.61 Å². The fraction of sp³-hybridized carbons (Fsp3) is 0.174. The molecule has 3 aromatic carbocycles. The molecular formula is C23H23O2P. The summed E-state index contributed by atoms with van der Waals surface area (Å²) in [4.78, 5) is 11.3. The van der Waals surface area contributed by atoms with Crippen molar-refractivity contribution in [1.29, 1.82) is 0 Å². The predicted octanol–water partition coefficient (Wildman–Crippen LogP) is 4.12. The summed E-state index contributed by atoms with van der Waals surface area (Å²) in [6.07, 6.45) is 0. The van der Waals surface area contributed by atoms with E-state index in [0.717, 1.165) is 5.56 Å². The summed E-state index contributed by atoms with van der Waals surface area (Å²) in [5.41, 5.74) is 3.63. The van der Waals surface area contributed by atoms with Gasteiger partial charge in [0.05, 0.1) is 0 Å². The number of hydrogen-bond acceptors (Lipinski definition) is 2. The smallest absolute Gasteiger partial charge is 0.302 e. The van der Waals surface area contributed by atoms with Crippen LogP contribution in [0.5, 0.6) is 0 Å². The average molecular weight is 362 g/mol. The molecule has 0 amide bonds. The zero-order chi connectivity index (χ0) is 18.5. The zero-order valence-electron chi connectivity index (χ0n) is 15.4. The summed E-state index contributed by atoms with van der Waals surface area (Å²) >= 11 is 0. The van der Waals surface area contributed by atoms with Gasteiger partial charge in [0.15, 0.2) is 0 Å². The number of carbonyl (C=O) groups is 1. The first-order valence-corrected chi connectivity index (χ1v) is 10.0. The SMILES string of the molecule is CC(=O)OCc1ccccc1P(c1ccccc1C)c1ccccc1C. The Morgan fingerprint density at radius 1 is 0.769 bits per heavy atom. The molecule has 132 valence electrons. The molecule has 3 heteroatoms. The topological polar surface area (TPSA) is 26.3 Å². The maximum absolute atomic E-state index is 11.3. The van der Waals surface area contributed by atoms with E-state index in [-0.39, 0.29) is 5.97 Å². The first-order valence-electron chi connectivity index (χ1n) is 8.70. The van der Waals surface area contributed by atoms with Crippen LogP contribution in [0.4, 0.5) is 0 Å². The van der Waals surface area contributed by atoms with E-state index in [4.69, 9.17) is 4.74 Å². The summed E-state index contributed by atoms with van der Waals surface area (Å²) in [6.45, 7) is 6.09. The average Bonchev–Trinajstić information content (AvgIpc) is 2.64. The van der Waals surface area contributed by atoms with Gasteiger partial charge >= 0.3 is 5.97 Å². The van der Waals surface area contributed by atoms with Crippen LogP contribution in [0.3, 0.4) is 0 Å². The highest BCUT2D eigenvalue weighted by molar-refractivity contribution is 7.80. The Hall–Kier alpha value is -2.44. The van der Waals surface area contributed by atoms with E-state index in [9.17, 15) is 4.79 Å². The van der Waals surface area contributed by atoms with Crippen LogP contribution in [0.1, 0.15) is 23.6 Å². The van der Waals surface area contributed by atoms with Crippen molar-refractivity contribution in [2.75, 3.05) is 0 Å². The van der Waals surface area contributed by atoms with Crippen molar-refractivity contribution in [1.82, 2.24) is 0 Å². The van der Waals surface area contributed by atoms with Crippen LogP contribution in [-0.2, 0) is 16.1 Å². The maximum atomic E-state index is 11.3. The Labute approximate surface area is 156 Å². The summed E-state index contributed by atoms with van der Waals surface area (Å²) in [5, 5.41) is 3.92. The second-order valence-electron chi connectivity index (χ2n) is 6.32. The molecule has 0 aliphatic carbocycles. The number of esters is 1. The molecule has 3 aromatic rings. The normalized spacial score (nSPS) is 10.8. The number of benzene rings is 3. The van der Waals surface area contributed by atoms with Gasteiger partial charge in [0.1, 0.15) is 6.61 Å². The van der Waals surface area contributed by atoms with Crippen molar-refractivity contribution >= 4 is 29.8 Å². The quantitative estimate of drug-likeness (QED) is 0.504. The monoisotopic (exact) mass is 362 g/mol. The molecular weight excluding hydrogens is 339 g/mol. The highest BCUT2D eigenvalue weighted by Crippen LogP contribution is 2.36. The van der Waals surface area contributed by atoms with E-state index >= 15 is 0 Å². The Kier molecular flexibility index (Phi) is 5.85. The number of aryl methyl sites for hydroxylation is 2. The van der Waals surface area contributed by atoms with E-state index in [1.807, 2.05) is 6.07 Å². The molecule has 0 N–H and O–H groups in total. The molecule has 0 fully saturated rings. The third-order valence-electron chi connectivity index (χ3n) is 4.38. The van der Waals surface area contributed by atoms with Crippen LogP contribution in [0.2, 0.25) is 0 Å². The Morgan fingerprint density at radius 2 is 1.23 bits per heavy atom. The molecule has 0 aliphatic heterocycles. The fourth-order valence-corrected chi connectivity index (χ4v) is 5.81. The minimum atomic E-state index is -0.731. The highest BCUT2D eigenvalue weighted by Gasteiger charge is 2.22. The molecule has 0 unspecified atom stereocenters. The van der Waals surface area contributed by atoms with Crippen LogP contribution < -0.4 is 15.9 Å². The Balaban J connectivity index is 2.18. The van der Waals surface area contributed by atoms with Crippen LogP contribution >= 0.6 is 7.92 Å². The molecule has 0 heterocycles. The Morgan fingerprint density at radius 3 is 1.73 bits per heavy atom. The van der Waals surface area contributed by atoms with Crippen LogP contribution in [0, 0.1) is 13.8 Å². The summed E-state index contributed by atoms with van der Waals surface area (Å²) in [5.74, 6) is -0.254. The summed E-state index contributed by atoms with van der Waals surface area (Å²) in [7, 11) is -0.731. The van der Waals surface area contributed by atoms with Gasteiger partial charge in [0, 0.05) is 6.92 Å². The van der Waals surface area contributed by atoms with Crippen LogP contribution in [0.25, 0.3) is 0 Å². The third kappa shape index (κ3) is 4.03. The van der Waals surface area contributed by atoms with Gasteiger partial charge in [-0.2, -0.15) is 0 Å². The van der Waals surface area contributed by atoms with Gasteiger partial charge in [-0.25, -0.2) is 0 Å². The van der Waals surface area contributed by atoms with Crippen molar-refractivity contribution in [2.24, 2.45) is 0 Å². The van der Waals surface area contributed by atoms with E-state index < -0.39 is 7.92 Å². The minimum absolute atomic E-state index is 0.254. The molecule has 26 heavy (non-hydrogen) atoms. The molecule has 0 saturated heterocycles. The molecule has 0 saturated carbocycles. The summed E-state index contributed by atoms with van der Waals surface area (Å²) in [6, 6.07) is 25.4. The van der Waals surface area contributed by atoms with E-state index in [2.05, 4.69) is 80.6 Å². The standard InChI is InChI=1S/C23H23O2P/c1-17-10-4-7-13-21(17)26(22-14-8-5-11-18(22)2)23-15-9-6-12-20(23)16-25-19(3)24/h4-15H,16H2,1-3H3. The molecule has 0 bridgehead atoms. The van der Waals surface area contributed by atoms with Gasteiger partial charge in [-0.05, 0) is 54.4 Å². The maximum Gasteiger partial charge on any atom is 0.302 e. The lowest BCUT2D eigenvalue weighted by atomic mass is 10.2. The molecule has 2 nitrogen and oxygen atoms in total. The second kappa shape index (κ2) is 8.29. The minimum Gasteiger partial charge on any atom is -0.461 e.